The summed E-state index contributed by atoms with van der Waals surface area (Å²) in [5.41, 5.74) is 1.21. The molecule has 0 aliphatic heterocycles. The van der Waals surface area contributed by atoms with Crippen molar-refractivity contribution in [1.29, 1.82) is 0 Å². The van der Waals surface area contributed by atoms with Crippen molar-refractivity contribution >= 4 is 23.2 Å². The molecule has 0 fully saturated rings. The lowest BCUT2D eigenvalue weighted by molar-refractivity contribution is -0.384. The first-order valence-electron chi connectivity index (χ1n) is 7.34. The van der Waals surface area contributed by atoms with Gasteiger partial charge in [-0.1, -0.05) is 23.7 Å². The maximum Gasteiger partial charge on any atom is 0.294 e. The minimum Gasteiger partial charge on any atom is -0.348 e. The average Bonchev–Trinajstić information content (AvgIpc) is 3.13. The number of carbonyl (C=O) groups is 1. The number of imidazole rings is 1. The number of nitro benzene ring substituents is 1. The Bertz CT molecular complexity index is 925. The van der Waals surface area contributed by atoms with Gasteiger partial charge in [-0.3, -0.25) is 14.9 Å². The van der Waals surface area contributed by atoms with Crippen LogP contribution >= 0.6 is 11.6 Å². The number of halogens is 1. The van der Waals surface area contributed by atoms with Crippen LogP contribution in [0.5, 0.6) is 0 Å². The van der Waals surface area contributed by atoms with Crippen molar-refractivity contribution in [2.45, 2.75) is 6.54 Å². The second kappa shape index (κ2) is 7.14. The van der Waals surface area contributed by atoms with Crippen LogP contribution in [0.3, 0.4) is 0 Å². The minimum absolute atomic E-state index is 0.173. The lowest BCUT2D eigenvalue weighted by atomic mass is 10.1. The molecule has 3 aromatic rings. The standard InChI is InChI=1S/C17H13ClN4O3/c18-14-3-1-2-12(8-14)10-20-17(23)13-4-5-15(16(9-13)22(24)25)21-7-6-19-11-21/h1-9,11H,10H2,(H,20,23). The number of rotatable bonds is 5. The zero-order chi connectivity index (χ0) is 17.8. The number of aromatic nitrogens is 2. The summed E-state index contributed by atoms with van der Waals surface area (Å²) in [6.07, 6.45) is 4.58. The lowest BCUT2D eigenvalue weighted by Crippen LogP contribution is -2.23. The van der Waals surface area contributed by atoms with E-state index in [1.807, 2.05) is 6.07 Å². The third kappa shape index (κ3) is 3.84. The van der Waals surface area contributed by atoms with E-state index in [-0.39, 0.29) is 17.8 Å². The summed E-state index contributed by atoms with van der Waals surface area (Å²) in [5, 5.41) is 14.6. The molecule has 1 aromatic heterocycles. The Labute approximate surface area is 148 Å². The van der Waals surface area contributed by atoms with Gasteiger partial charge >= 0.3 is 0 Å². The molecule has 0 aliphatic rings. The Morgan fingerprint density at radius 3 is 2.80 bits per heavy atom. The third-order valence-corrected chi connectivity index (χ3v) is 3.79. The molecule has 0 bridgehead atoms. The molecule has 7 nitrogen and oxygen atoms in total. The Kier molecular flexibility index (Phi) is 4.76. The Morgan fingerprint density at radius 1 is 1.28 bits per heavy atom. The molecule has 0 spiro atoms. The van der Waals surface area contributed by atoms with Crippen LogP contribution in [0.2, 0.25) is 5.02 Å². The van der Waals surface area contributed by atoms with Gasteiger partial charge in [-0.2, -0.15) is 0 Å². The molecule has 126 valence electrons. The van der Waals surface area contributed by atoms with E-state index < -0.39 is 10.8 Å². The predicted molar refractivity (Wildman–Crippen MR) is 92.8 cm³/mol. The fourth-order valence-corrected chi connectivity index (χ4v) is 2.58. The van der Waals surface area contributed by atoms with E-state index >= 15 is 0 Å². The number of nitrogens with one attached hydrogen (secondary N) is 1. The van der Waals surface area contributed by atoms with Crippen LogP contribution in [-0.4, -0.2) is 20.4 Å². The number of nitro groups is 1. The van der Waals surface area contributed by atoms with E-state index in [1.165, 1.54) is 35.3 Å². The maximum absolute atomic E-state index is 12.3. The van der Waals surface area contributed by atoms with Gasteiger partial charge in [-0.15, -0.1) is 0 Å². The fraction of sp³-hybridized carbons (Fsp3) is 0.0588. The number of carbonyl (C=O) groups excluding carboxylic acids is 1. The monoisotopic (exact) mass is 356 g/mol. The van der Waals surface area contributed by atoms with Gasteiger partial charge in [0.25, 0.3) is 11.6 Å². The summed E-state index contributed by atoms with van der Waals surface area (Å²) in [5.74, 6) is -0.403. The summed E-state index contributed by atoms with van der Waals surface area (Å²) >= 11 is 5.90. The smallest absolute Gasteiger partial charge is 0.294 e. The molecule has 1 N–H and O–H groups in total. The Morgan fingerprint density at radius 2 is 2.12 bits per heavy atom. The molecule has 1 heterocycles. The largest absolute Gasteiger partial charge is 0.348 e. The van der Waals surface area contributed by atoms with E-state index in [0.717, 1.165) is 5.56 Å². The maximum atomic E-state index is 12.3. The normalized spacial score (nSPS) is 10.4. The highest BCUT2D eigenvalue weighted by atomic mass is 35.5. The molecule has 0 unspecified atom stereocenters. The van der Waals surface area contributed by atoms with E-state index in [4.69, 9.17) is 11.6 Å². The first kappa shape index (κ1) is 16.7. The SMILES string of the molecule is O=C(NCc1cccc(Cl)c1)c1ccc(-n2ccnc2)c([N+](=O)[O-])c1. The van der Waals surface area contributed by atoms with Crippen LogP contribution in [0.1, 0.15) is 15.9 Å². The number of benzene rings is 2. The summed E-state index contributed by atoms with van der Waals surface area (Å²) < 4.78 is 1.52. The minimum atomic E-state index is -0.525. The molecular formula is C17H13ClN4O3. The van der Waals surface area contributed by atoms with Gasteiger partial charge in [-0.25, -0.2) is 4.98 Å². The second-order valence-electron chi connectivity index (χ2n) is 5.24. The number of amides is 1. The molecule has 3 rings (SSSR count). The highest BCUT2D eigenvalue weighted by Gasteiger charge is 2.18. The summed E-state index contributed by atoms with van der Waals surface area (Å²) in [7, 11) is 0. The average molecular weight is 357 g/mol. The van der Waals surface area contributed by atoms with Crippen molar-refractivity contribution in [3.05, 3.63) is 87.4 Å². The van der Waals surface area contributed by atoms with E-state index in [1.54, 1.807) is 24.4 Å². The van der Waals surface area contributed by atoms with Gasteiger partial charge < -0.3 is 9.88 Å². The molecule has 2 aromatic carbocycles. The summed E-state index contributed by atoms with van der Waals surface area (Å²) in [4.78, 5) is 27.0. The first-order chi connectivity index (χ1) is 12.0. The van der Waals surface area contributed by atoms with Gasteiger partial charge in [0.15, 0.2) is 0 Å². The van der Waals surface area contributed by atoms with Crippen molar-refractivity contribution in [1.82, 2.24) is 14.9 Å². The number of nitrogens with zero attached hydrogens (tertiary/aromatic N) is 3. The predicted octanol–water partition coefficient (Wildman–Crippen LogP) is 3.36. The van der Waals surface area contributed by atoms with Gasteiger partial charge in [0.05, 0.1) is 11.3 Å². The third-order valence-electron chi connectivity index (χ3n) is 3.56. The molecule has 1 amide bonds. The van der Waals surface area contributed by atoms with Crippen molar-refractivity contribution in [3.63, 3.8) is 0 Å². The lowest BCUT2D eigenvalue weighted by Gasteiger charge is -2.08. The van der Waals surface area contributed by atoms with Gasteiger partial charge in [-0.05, 0) is 29.8 Å². The molecular weight excluding hydrogens is 344 g/mol. The molecule has 0 saturated heterocycles. The van der Waals surface area contributed by atoms with Crippen LogP contribution < -0.4 is 5.32 Å². The molecule has 0 aliphatic carbocycles. The van der Waals surface area contributed by atoms with Crippen molar-refractivity contribution in [2.24, 2.45) is 0 Å². The first-order valence-corrected chi connectivity index (χ1v) is 7.72. The van der Waals surface area contributed by atoms with E-state index in [2.05, 4.69) is 10.3 Å². The van der Waals surface area contributed by atoms with Gasteiger partial charge in [0.1, 0.15) is 5.69 Å². The van der Waals surface area contributed by atoms with Gasteiger partial charge in [0, 0.05) is 35.6 Å². The molecule has 8 heteroatoms. The summed E-state index contributed by atoms with van der Waals surface area (Å²) in [6, 6.07) is 11.4. The number of hydrogen-bond acceptors (Lipinski definition) is 4. The molecule has 25 heavy (non-hydrogen) atoms. The second-order valence-corrected chi connectivity index (χ2v) is 5.68. The van der Waals surface area contributed by atoms with Gasteiger partial charge in [0.2, 0.25) is 0 Å². The quantitative estimate of drug-likeness (QED) is 0.560. The van der Waals surface area contributed by atoms with Crippen molar-refractivity contribution in [3.8, 4) is 5.69 Å². The fourth-order valence-electron chi connectivity index (χ4n) is 2.36. The van der Waals surface area contributed by atoms with E-state index in [9.17, 15) is 14.9 Å². The number of hydrogen-bond donors (Lipinski definition) is 1. The highest BCUT2D eigenvalue weighted by molar-refractivity contribution is 6.30. The molecule has 0 atom stereocenters. The topological polar surface area (TPSA) is 90.1 Å². The van der Waals surface area contributed by atoms with E-state index in [0.29, 0.717) is 10.7 Å². The van der Waals surface area contributed by atoms with Crippen LogP contribution in [-0.2, 0) is 6.54 Å². The van der Waals surface area contributed by atoms with Crippen molar-refractivity contribution < 1.29 is 9.72 Å². The van der Waals surface area contributed by atoms with Crippen molar-refractivity contribution in [2.75, 3.05) is 0 Å². The van der Waals surface area contributed by atoms with Crippen LogP contribution in [0.4, 0.5) is 5.69 Å². The Hall–Kier alpha value is -3.19. The van der Waals surface area contributed by atoms with Crippen LogP contribution in [0, 0.1) is 10.1 Å². The van der Waals surface area contributed by atoms with Crippen LogP contribution in [0.15, 0.2) is 61.2 Å². The zero-order valence-electron chi connectivity index (χ0n) is 12.9. The highest BCUT2D eigenvalue weighted by Crippen LogP contribution is 2.24. The molecule has 0 radical (unpaired) electrons. The Balaban J connectivity index is 1.81. The summed E-state index contributed by atoms with van der Waals surface area (Å²) in [6.45, 7) is 0.274. The van der Waals surface area contributed by atoms with Crippen LogP contribution in [0.25, 0.3) is 5.69 Å². The zero-order valence-corrected chi connectivity index (χ0v) is 13.7. The molecule has 0 saturated carbocycles.